The molecule has 120 valence electrons. The molecule has 1 atom stereocenters. The maximum absolute atomic E-state index is 12.6. The average Bonchev–Trinajstić information content (AvgIpc) is 2.69. The number of hydrogen-bond acceptors (Lipinski definition) is 2. The second-order valence-corrected chi connectivity index (χ2v) is 6.67. The Balaban J connectivity index is 2.82. The van der Waals surface area contributed by atoms with E-state index >= 15 is 0 Å². The summed E-state index contributed by atoms with van der Waals surface area (Å²) in [6, 6.07) is 2.51. The van der Waals surface area contributed by atoms with Crippen LogP contribution in [-0.4, -0.2) is 35.0 Å². The number of carbonyl (C=O) groups is 1. The fourth-order valence-corrected chi connectivity index (χ4v) is 2.77. The fraction of sp³-hybridized carbons (Fsp3) is 0.706. The average molecular weight is 293 g/mol. The lowest BCUT2D eigenvalue weighted by Crippen LogP contribution is -2.34. The number of carbonyl (C=O) groups excluding carboxylic acids is 1. The molecule has 21 heavy (non-hydrogen) atoms. The van der Waals surface area contributed by atoms with Gasteiger partial charge in [-0.2, -0.15) is 0 Å². The molecular weight excluding hydrogens is 262 g/mol. The van der Waals surface area contributed by atoms with Crippen molar-refractivity contribution in [1.29, 1.82) is 0 Å². The molecule has 0 spiro atoms. The van der Waals surface area contributed by atoms with Crippen molar-refractivity contribution in [3.8, 4) is 0 Å². The topological polar surface area (TPSA) is 51.3 Å². The van der Waals surface area contributed by atoms with Gasteiger partial charge in [0.1, 0.15) is 0 Å². The number of aromatic nitrogens is 1. The number of nitrogens with zero attached hydrogens (tertiary/aromatic N) is 2. The van der Waals surface area contributed by atoms with Gasteiger partial charge in [0.2, 0.25) is 0 Å². The third-order valence-corrected chi connectivity index (χ3v) is 4.23. The molecule has 0 fully saturated rings. The van der Waals surface area contributed by atoms with Gasteiger partial charge in [-0.1, -0.05) is 13.8 Å². The van der Waals surface area contributed by atoms with Crippen LogP contribution in [0, 0.1) is 19.8 Å². The molecule has 1 aromatic heterocycles. The minimum atomic E-state index is 0.0888. The predicted molar refractivity (Wildman–Crippen MR) is 88.7 cm³/mol. The van der Waals surface area contributed by atoms with Crippen molar-refractivity contribution < 1.29 is 4.79 Å². The molecule has 4 heteroatoms. The molecule has 1 aromatic rings. The first kappa shape index (κ1) is 17.8. The van der Waals surface area contributed by atoms with Crippen LogP contribution in [0.5, 0.6) is 0 Å². The lowest BCUT2D eigenvalue weighted by molar-refractivity contribution is 0.0788. The number of rotatable bonds is 6. The van der Waals surface area contributed by atoms with Gasteiger partial charge >= 0.3 is 0 Å². The highest BCUT2D eigenvalue weighted by Crippen LogP contribution is 2.21. The van der Waals surface area contributed by atoms with Crippen molar-refractivity contribution in [1.82, 2.24) is 9.47 Å². The molecule has 0 aromatic carbocycles. The van der Waals surface area contributed by atoms with E-state index in [-0.39, 0.29) is 11.9 Å². The lowest BCUT2D eigenvalue weighted by Gasteiger charge is -2.22. The highest BCUT2D eigenvalue weighted by Gasteiger charge is 2.20. The van der Waals surface area contributed by atoms with Crippen LogP contribution in [0.4, 0.5) is 0 Å². The third-order valence-electron chi connectivity index (χ3n) is 4.23. The summed E-state index contributed by atoms with van der Waals surface area (Å²) >= 11 is 0. The Kier molecular flexibility index (Phi) is 6.02. The smallest absolute Gasteiger partial charge is 0.255 e. The van der Waals surface area contributed by atoms with E-state index in [1.165, 1.54) is 0 Å². The van der Waals surface area contributed by atoms with E-state index in [2.05, 4.69) is 39.2 Å². The van der Waals surface area contributed by atoms with Crippen molar-refractivity contribution in [2.45, 2.75) is 60.0 Å². The van der Waals surface area contributed by atoms with Gasteiger partial charge in [0.15, 0.2) is 0 Å². The van der Waals surface area contributed by atoms with Gasteiger partial charge in [-0.05, 0) is 46.1 Å². The highest BCUT2D eigenvalue weighted by molar-refractivity contribution is 5.95. The quantitative estimate of drug-likeness (QED) is 0.876. The van der Waals surface area contributed by atoms with Crippen molar-refractivity contribution in [2.24, 2.45) is 11.7 Å². The summed E-state index contributed by atoms with van der Waals surface area (Å²) in [7, 11) is 1.86. The molecule has 1 rings (SSSR count). The Morgan fingerprint density at radius 3 is 2.29 bits per heavy atom. The maximum atomic E-state index is 12.6. The van der Waals surface area contributed by atoms with Gasteiger partial charge in [0, 0.05) is 37.1 Å². The Morgan fingerprint density at radius 1 is 1.29 bits per heavy atom. The molecule has 0 bridgehead atoms. The van der Waals surface area contributed by atoms with Gasteiger partial charge in [0.05, 0.1) is 5.56 Å². The van der Waals surface area contributed by atoms with Crippen molar-refractivity contribution in [3.63, 3.8) is 0 Å². The van der Waals surface area contributed by atoms with Crippen molar-refractivity contribution >= 4 is 5.91 Å². The summed E-state index contributed by atoms with van der Waals surface area (Å²) < 4.78 is 2.21. The monoisotopic (exact) mass is 293 g/mol. The summed E-state index contributed by atoms with van der Waals surface area (Å²) in [6.07, 6.45) is 0.836. The van der Waals surface area contributed by atoms with Gasteiger partial charge in [-0.15, -0.1) is 0 Å². The molecule has 1 unspecified atom stereocenters. The van der Waals surface area contributed by atoms with Gasteiger partial charge in [0.25, 0.3) is 5.91 Å². The van der Waals surface area contributed by atoms with Crippen LogP contribution in [0.25, 0.3) is 0 Å². The molecule has 0 aliphatic heterocycles. The standard InChI is InChI=1S/C17H31N3O/c1-11(2)16(18)8-9-19(7)17(21)15-10-13(5)20(12(3)4)14(15)6/h10-12,16H,8-9,18H2,1-7H3. The first-order valence-electron chi connectivity index (χ1n) is 7.86. The van der Waals surface area contributed by atoms with E-state index in [1.54, 1.807) is 4.90 Å². The molecular formula is C17H31N3O. The molecule has 2 N–H and O–H groups in total. The van der Waals surface area contributed by atoms with Crippen LogP contribution in [-0.2, 0) is 0 Å². The SMILES string of the molecule is Cc1cc(C(=O)N(C)CCC(N)C(C)C)c(C)n1C(C)C. The Labute approximate surface area is 129 Å². The lowest BCUT2D eigenvalue weighted by atomic mass is 10.0. The molecule has 1 heterocycles. The van der Waals surface area contributed by atoms with E-state index in [0.717, 1.165) is 23.4 Å². The second kappa shape index (κ2) is 7.12. The molecule has 0 saturated heterocycles. The van der Waals surface area contributed by atoms with E-state index < -0.39 is 0 Å². The molecule has 0 saturated carbocycles. The van der Waals surface area contributed by atoms with E-state index in [0.29, 0.717) is 18.5 Å². The number of amides is 1. The second-order valence-electron chi connectivity index (χ2n) is 6.67. The minimum Gasteiger partial charge on any atom is -0.346 e. The molecule has 1 amide bonds. The largest absolute Gasteiger partial charge is 0.346 e. The third kappa shape index (κ3) is 4.10. The van der Waals surface area contributed by atoms with E-state index in [9.17, 15) is 4.79 Å². The molecule has 0 aliphatic rings. The Hall–Kier alpha value is -1.29. The Bertz CT molecular complexity index is 488. The normalized spacial score (nSPS) is 13.0. The zero-order chi connectivity index (χ0) is 16.3. The summed E-state index contributed by atoms with van der Waals surface area (Å²) in [5.74, 6) is 0.533. The molecule has 4 nitrogen and oxygen atoms in total. The van der Waals surface area contributed by atoms with E-state index in [4.69, 9.17) is 5.73 Å². The molecule has 0 radical (unpaired) electrons. The highest BCUT2D eigenvalue weighted by atomic mass is 16.2. The molecule has 0 aliphatic carbocycles. The maximum Gasteiger partial charge on any atom is 0.255 e. The van der Waals surface area contributed by atoms with Crippen molar-refractivity contribution in [2.75, 3.05) is 13.6 Å². The number of nitrogens with two attached hydrogens (primary N) is 1. The fourth-order valence-electron chi connectivity index (χ4n) is 2.77. The van der Waals surface area contributed by atoms with Crippen LogP contribution in [0.15, 0.2) is 6.07 Å². The van der Waals surface area contributed by atoms with Crippen molar-refractivity contribution in [3.05, 3.63) is 23.0 Å². The summed E-state index contributed by atoms with van der Waals surface area (Å²) in [6.45, 7) is 13.3. The Morgan fingerprint density at radius 2 is 1.86 bits per heavy atom. The van der Waals surface area contributed by atoms with Gasteiger partial charge < -0.3 is 15.2 Å². The summed E-state index contributed by atoms with van der Waals surface area (Å²) in [5, 5.41) is 0. The summed E-state index contributed by atoms with van der Waals surface area (Å²) in [4.78, 5) is 14.4. The zero-order valence-corrected chi connectivity index (χ0v) is 14.6. The van der Waals surface area contributed by atoms with Crippen LogP contribution in [0.1, 0.15) is 61.9 Å². The minimum absolute atomic E-state index is 0.0888. The summed E-state index contributed by atoms with van der Waals surface area (Å²) in [5.41, 5.74) is 9.05. The van der Waals surface area contributed by atoms with Crippen LogP contribution < -0.4 is 5.73 Å². The van der Waals surface area contributed by atoms with Crippen LogP contribution in [0.2, 0.25) is 0 Å². The zero-order valence-electron chi connectivity index (χ0n) is 14.6. The number of hydrogen-bond donors (Lipinski definition) is 1. The van der Waals surface area contributed by atoms with Crippen LogP contribution >= 0.6 is 0 Å². The first-order valence-corrected chi connectivity index (χ1v) is 7.86. The first-order chi connectivity index (χ1) is 9.66. The van der Waals surface area contributed by atoms with Gasteiger partial charge in [-0.3, -0.25) is 4.79 Å². The number of aryl methyl sites for hydroxylation is 1. The predicted octanol–water partition coefficient (Wildman–Crippen LogP) is 3.13. The van der Waals surface area contributed by atoms with E-state index in [1.807, 2.05) is 20.0 Å². The van der Waals surface area contributed by atoms with Crippen LogP contribution in [0.3, 0.4) is 0 Å². The van der Waals surface area contributed by atoms with Gasteiger partial charge in [-0.25, -0.2) is 0 Å².